The van der Waals surface area contributed by atoms with Gasteiger partial charge in [0.25, 0.3) is 11.7 Å². The smallest absolute Gasteiger partial charge is 0.338 e. The third-order valence-corrected chi connectivity index (χ3v) is 6.21. The Kier molecular flexibility index (Phi) is 8.12. The first-order chi connectivity index (χ1) is 18.2. The fraction of sp³-hybridized carbons (Fsp3) is 0.241. The molecule has 1 aromatic heterocycles. The van der Waals surface area contributed by atoms with Crippen molar-refractivity contribution in [1.29, 1.82) is 0 Å². The van der Waals surface area contributed by atoms with E-state index in [9.17, 15) is 19.5 Å². The Morgan fingerprint density at radius 2 is 1.87 bits per heavy atom. The minimum Gasteiger partial charge on any atom is -0.507 e. The van der Waals surface area contributed by atoms with Gasteiger partial charge in [0.1, 0.15) is 11.5 Å². The molecule has 1 aliphatic rings. The summed E-state index contributed by atoms with van der Waals surface area (Å²) in [5.41, 5.74) is 1.19. The fourth-order valence-corrected chi connectivity index (χ4v) is 4.33. The van der Waals surface area contributed by atoms with Crippen LogP contribution in [0.25, 0.3) is 5.76 Å². The molecular formula is C29H27ClN2O6. The third-order valence-electron chi connectivity index (χ3n) is 5.88. The molecule has 2 heterocycles. The summed E-state index contributed by atoms with van der Waals surface area (Å²) in [5, 5.41) is 11.5. The van der Waals surface area contributed by atoms with Crippen LogP contribution in [0, 0.1) is 5.92 Å². The monoisotopic (exact) mass is 534 g/mol. The summed E-state index contributed by atoms with van der Waals surface area (Å²) in [6.07, 6.45) is 3.09. The summed E-state index contributed by atoms with van der Waals surface area (Å²) in [7, 11) is 0. The number of hydrogen-bond acceptors (Lipinski definition) is 7. The molecule has 8 nitrogen and oxygen atoms in total. The Hall–Kier alpha value is -4.17. The SMILES string of the molecule is CCOc1ccc(Cl)c(/C(O)=C2\C(=O)C(=O)N(c3ccc(C(=O)OCC(C)C)cc3)C2c2cccnc2)c1. The maximum atomic E-state index is 13.4. The number of aliphatic hydroxyl groups is 1. The Morgan fingerprint density at radius 3 is 2.50 bits per heavy atom. The number of hydrogen-bond donors (Lipinski definition) is 1. The molecule has 0 saturated carbocycles. The molecule has 38 heavy (non-hydrogen) atoms. The highest BCUT2D eigenvalue weighted by atomic mass is 35.5. The number of aromatic nitrogens is 1. The Labute approximate surface area is 225 Å². The normalized spacial score (nSPS) is 16.7. The van der Waals surface area contributed by atoms with Crippen LogP contribution in [-0.2, 0) is 14.3 Å². The van der Waals surface area contributed by atoms with Gasteiger partial charge in [0, 0.05) is 23.6 Å². The fourth-order valence-electron chi connectivity index (χ4n) is 4.12. The van der Waals surface area contributed by atoms with Gasteiger partial charge in [-0.2, -0.15) is 0 Å². The number of ketones is 1. The molecule has 4 rings (SSSR count). The molecule has 0 bridgehead atoms. The summed E-state index contributed by atoms with van der Waals surface area (Å²) in [5.74, 6) is -2.00. The topological polar surface area (TPSA) is 106 Å². The second-order valence-electron chi connectivity index (χ2n) is 9.07. The van der Waals surface area contributed by atoms with Crippen molar-refractivity contribution >= 4 is 40.7 Å². The number of ether oxygens (including phenoxy) is 2. The van der Waals surface area contributed by atoms with Crippen LogP contribution in [0.2, 0.25) is 5.02 Å². The lowest BCUT2D eigenvalue weighted by Crippen LogP contribution is -2.29. The Bertz CT molecular complexity index is 1390. The van der Waals surface area contributed by atoms with E-state index in [1.165, 1.54) is 29.3 Å². The predicted octanol–water partition coefficient (Wildman–Crippen LogP) is 5.57. The van der Waals surface area contributed by atoms with Crippen molar-refractivity contribution in [2.24, 2.45) is 5.92 Å². The molecule has 1 atom stereocenters. The van der Waals surface area contributed by atoms with E-state index in [0.717, 1.165) is 0 Å². The van der Waals surface area contributed by atoms with Crippen LogP contribution >= 0.6 is 11.6 Å². The van der Waals surface area contributed by atoms with E-state index in [1.807, 2.05) is 20.8 Å². The lowest BCUT2D eigenvalue weighted by molar-refractivity contribution is -0.132. The molecule has 1 unspecified atom stereocenters. The number of rotatable bonds is 8. The van der Waals surface area contributed by atoms with Gasteiger partial charge in [0.2, 0.25) is 0 Å². The number of Topliss-reactive ketones (excluding diaryl/α,β-unsaturated/α-hetero) is 1. The second kappa shape index (κ2) is 11.5. The van der Waals surface area contributed by atoms with Gasteiger partial charge in [-0.15, -0.1) is 0 Å². The van der Waals surface area contributed by atoms with E-state index in [0.29, 0.717) is 29.2 Å². The summed E-state index contributed by atoms with van der Waals surface area (Å²) < 4.78 is 10.8. The van der Waals surface area contributed by atoms with Crippen LogP contribution in [0.3, 0.4) is 0 Å². The van der Waals surface area contributed by atoms with Crippen molar-refractivity contribution in [2.75, 3.05) is 18.1 Å². The molecule has 9 heteroatoms. The van der Waals surface area contributed by atoms with E-state index in [-0.39, 0.29) is 28.7 Å². The van der Waals surface area contributed by atoms with Gasteiger partial charge in [-0.1, -0.05) is 31.5 Å². The highest BCUT2D eigenvalue weighted by Gasteiger charge is 2.47. The molecule has 2 aromatic carbocycles. The Balaban J connectivity index is 1.80. The van der Waals surface area contributed by atoms with Crippen LogP contribution in [0.4, 0.5) is 5.69 Å². The van der Waals surface area contributed by atoms with Crippen molar-refractivity contribution < 1.29 is 29.0 Å². The van der Waals surface area contributed by atoms with Gasteiger partial charge < -0.3 is 14.6 Å². The molecule has 1 amide bonds. The van der Waals surface area contributed by atoms with Crippen LogP contribution in [0.5, 0.6) is 5.75 Å². The first kappa shape index (κ1) is 26.9. The Morgan fingerprint density at radius 1 is 1.13 bits per heavy atom. The highest BCUT2D eigenvalue weighted by molar-refractivity contribution is 6.52. The van der Waals surface area contributed by atoms with Gasteiger partial charge in [-0.05, 0) is 66.9 Å². The molecule has 1 saturated heterocycles. The summed E-state index contributed by atoms with van der Waals surface area (Å²) in [6.45, 7) is 6.36. The van der Waals surface area contributed by atoms with Gasteiger partial charge in [0.15, 0.2) is 0 Å². The summed E-state index contributed by atoms with van der Waals surface area (Å²) in [6, 6.07) is 13.3. The summed E-state index contributed by atoms with van der Waals surface area (Å²) in [4.78, 5) is 44.5. The first-order valence-corrected chi connectivity index (χ1v) is 12.5. The van der Waals surface area contributed by atoms with Crippen molar-refractivity contribution in [3.63, 3.8) is 0 Å². The zero-order chi connectivity index (χ0) is 27.4. The average molecular weight is 535 g/mol. The zero-order valence-corrected chi connectivity index (χ0v) is 21.9. The quantitative estimate of drug-likeness (QED) is 0.174. The van der Waals surface area contributed by atoms with Crippen molar-refractivity contribution in [3.05, 3.63) is 94.3 Å². The first-order valence-electron chi connectivity index (χ1n) is 12.1. The van der Waals surface area contributed by atoms with Crippen molar-refractivity contribution in [2.45, 2.75) is 26.8 Å². The number of amides is 1. The lowest BCUT2D eigenvalue weighted by atomic mass is 9.96. The number of carbonyl (C=O) groups is 3. The second-order valence-corrected chi connectivity index (χ2v) is 9.48. The van der Waals surface area contributed by atoms with E-state index in [1.54, 1.807) is 42.6 Å². The zero-order valence-electron chi connectivity index (χ0n) is 21.2. The lowest BCUT2D eigenvalue weighted by Gasteiger charge is -2.25. The minimum absolute atomic E-state index is 0.140. The molecule has 1 aliphatic heterocycles. The molecule has 196 valence electrons. The van der Waals surface area contributed by atoms with E-state index in [2.05, 4.69) is 4.98 Å². The molecule has 0 radical (unpaired) electrons. The number of halogens is 1. The van der Waals surface area contributed by atoms with Crippen LogP contribution in [0.15, 0.2) is 72.6 Å². The molecule has 1 N–H and O–H groups in total. The number of esters is 1. The molecule has 3 aromatic rings. The van der Waals surface area contributed by atoms with E-state index in [4.69, 9.17) is 21.1 Å². The number of anilines is 1. The van der Waals surface area contributed by atoms with Crippen molar-refractivity contribution in [3.8, 4) is 5.75 Å². The molecule has 0 spiro atoms. The van der Waals surface area contributed by atoms with Crippen LogP contribution < -0.4 is 9.64 Å². The molecule has 1 fully saturated rings. The summed E-state index contributed by atoms with van der Waals surface area (Å²) >= 11 is 6.38. The number of nitrogens with zero attached hydrogens (tertiary/aromatic N) is 2. The molecular weight excluding hydrogens is 508 g/mol. The van der Waals surface area contributed by atoms with Gasteiger partial charge in [-0.25, -0.2) is 4.79 Å². The van der Waals surface area contributed by atoms with Gasteiger partial charge >= 0.3 is 5.97 Å². The number of aliphatic hydroxyl groups excluding tert-OH is 1. The maximum Gasteiger partial charge on any atom is 0.338 e. The van der Waals surface area contributed by atoms with E-state index >= 15 is 0 Å². The number of benzene rings is 2. The number of carbonyl (C=O) groups excluding carboxylic acids is 3. The van der Waals surface area contributed by atoms with E-state index < -0.39 is 29.5 Å². The van der Waals surface area contributed by atoms with Gasteiger partial charge in [-0.3, -0.25) is 19.5 Å². The number of pyridine rings is 1. The molecule has 0 aliphatic carbocycles. The average Bonchev–Trinajstić information content (AvgIpc) is 3.18. The standard InChI is InChI=1S/C29H27ClN2O6/c1-4-37-21-11-12-23(30)22(14-21)26(33)24-25(19-6-5-13-31-15-19)32(28(35)27(24)34)20-9-7-18(8-10-20)29(36)38-16-17(2)3/h5-15,17,25,33H,4,16H2,1-3H3/b26-24+. The maximum absolute atomic E-state index is 13.4. The van der Waals surface area contributed by atoms with Gasteiger partial charge in [0.05, 0.1) is 35.4 Å². The predicted molar refractivity (Wildman–Crippen MR) is 143 cm³/mol. The van der Waals surface area contributed by atoms with Crippen LogP contribution in [-0.4, -0.2) is 41.0 Å². The minimum atomic E-state index is -0.991. The van der Waals surface area contributed by atoms with Crippen LogP contribution in [0.1, 0.15) is 48.3 Å². The largest absolute Gasteiger partial charge is 0.507 e. The van der Waals surface area contributed by atoms with Crippen molar-refractivity contribution in [1.82, 2.24) is 4.98 Å². The highest BCUT2D eigenvalue weighted by Crippen LogP contribution is 2.43. The third kappa shape index (κ3) is 5.40.